The van der Waals surface area contributed by atoms with Crippen LogP contribution < -0.4 is 10.4 Å². The zero-order valence-corrected chi connectivity index (χ0v) is 22.0. The highest BCUT2D eigenvalue weighted by molar-refractivity contribution is 6.92. The van der Waals surface area contributed by atoms with Gasteiger partial charge in [0, 0.05) is 12.7 Å². The Morgan fingerprint density at radius 2 is 1.12 bits per heavy atom. The van der Waals surface area contributed by atoms with Gasteiger partial charge in [0.05, 0.1) is 0 Å². The second-order valence-electron chi connectivity index (χ2n) is 9.33. The molecule has 2 rings (SSSR count). The maximum absolute atomic E-state index is 7.02. The molecule has 0 N–H and O–H groups in total. The van der Waals surface area contributed by atoms with E-state index in [1.54, 1.807) is 0 Å². The van der Waals surface area contributed by atoms with Gasteiger partial charge in [0.15, 0.2) is 0 Å². The highest BCUT2D eigenvalue weighted by atomic mass is 28.4. The highest BCUT2D eigenvalue weighted by Gasteiger charge is 2.44. The molecule has 0 saturated heterocycles. The molecule has 1 atom stereocenters. The molecule has 0 amide bonds. The lowest BCUT2D eigenvalue weighted by Crippen LogP contribution is -2.65. The summed E-state index contributed by atoms with van der Waals surface area (Å²) in [7, 11) is -2.78. The van der Waals surface area contributed by atoms with Gasteiger partial charge in [-0.2, -0.15) is 0 Å². The predicted octanol–water partition coefficient (Wildman–Crippen LogP) is 7.24. The minimum Gasteiger partial charge on any atom is -0.388 e. The van der Waals surface area contributed by atoms with E-state index < -0.39 is 8.56 Å². The predicted molar refractivity (Wildman–Crippen MR) is 141 cm³/mol. The number of unbranched alkanes of at least 4 members (excludes halogenated alkanes) is 8. The molecule has 1 unspecified atom stereocenters. The number of hydrogen-bond donors (Lipinski definition) is 0. The minimum atomic E-state index is -2.78. The van der Waals surface area contributed by atoms with Crippen molar-refractivity contribution in [2.45, 2.75) is 98.0 Å². The molecule has 2 aromatic carbocycles. The highest BCUT2D eigenvalue weighted by Crippen LogP contribution is 2.20. The van der Waals surface area contributed by atoms with Crippen LogP contribution in [-0.4, -0.2) is 21.3 Å². The van der Waals surface area contributed by atoms with Crippen LogP contribution in [0.3, 0.4) is 0 Å². The summed E-state index contributed by atoms with van der Waals surface area (Å²) in [6, 6.07) is 21.4. The number of rotatable bonds is 17. The van der Waals surface area contributed by atoms with Gasteiger partial charge >= 0.3 is 8.56 Å². The van der Waals surface area contributed by atoms with Gasteiger partial charge in [-0.25, -0.2) is 0 Å². The molecule has 178 valence electrons. The fraction of sp³-hybridized carbons (Fsp3) is 0.586. The van der Waals surface area contributed by atoms with Crippen molar-refractivity contribution in [3.05, 3.63) is 60.7 Å². The molecular weight excluding hydrogens is 408 g/mol. The summed E-state index contributed by atoms with van der Waals surface area (Å²) in [6.07, 6.45) is 13.1. The fourth-order valence-corrected chi connectivity index (χ4v) is 7.92. The standard InChI is InChI=1S/C29H46O2Si/c1-5-7-8-9-10-11-12-13-20-25-30-32(27-21-16-14-17-22-27,28-23-18-15-19-24-28)31-29(6-2)26(3)4/h14-19,21-24,26,29H,5-13,20,25H2,1-4H3. The molecule has 32 heavy (non-hydrogen) atoms. The van der Waals surface area contributed by atoms with E-state index in [0.717, 1.165) is 19.4 Å². The first-order valence-corrected chi connectivity index (χ1v) is 14.9. The van der Waals surface area contributed by atoms with Crippen molar-refractivity contribution in [2.24, 2.45) is 5.92 Å². The van der Waals surface area contributed by atoms with E-state index in [1.807, 2.05) is 0 Å². The largest absolute Gasteiger partial charge is 0.407 e. The molecule has 2 nitrogen and oxygen atoms in total. The molecule has 0 spiro atoms. The molecule has 0 fully saturated rings. The quantitative estimate of drug-likeness (QED) is 0.185. The van der Waals surface area contributed by atoms with Crippen molar-refractivity contribution in [1.82, 2.24) is 0 Å². The Kier molecular flexibility index (Phi) is 12.9. The Hall–Kier alpha value is -1.42. The lowest BCUT2D eigenvalue weighted by atomic mass is 10.1. The second kappa shape index (κ2) is 15.4. The number of hydrogen-bond acceptors (Lipinski definition) is 2. The van der Waals surface area contributed by atoms with Crippen LogP contribution in [0.25, 0.3) is 0 Å². The van der Waals surface area contributed by atoms with Crippen LogP contribution in [0.1, 0.15) is 91.9 Å². The third-order valence-electron chi connectivity index (χ3n) is 6.32. The van der Waals surface area contributed by atoms with Crippen LogP contribution in [-0.2, 0) is 8.85 Å². The van der Waals surface area contributed by atoms with Gasteiger partial charge in [-0.3, -0.25) is 0 Å². The van der Waals surface area contributed by atoms with E-state index in [0.29, 0.717) is 5.92 Å². The van der Waals surface area contributed by atoms with Crippen LogP contribution in [0.2, 0.25) is 0 Å². The maximum atomic E-state index is 7.02. The molecule has 0 aliphatic heterocycles. The normalized spacial score (nSPS) is 12.9. The van der Waals surface area contributed by atoms with E-state index in [2.05, 4.69) is 88.4 Å². The molecule has 0 aliphatic rings. The summed E-state index contributed by atoms with van der Waals surface area (Å²) in [4.78, 5) is 0. The van der Waals surface area contributed by atoms with Gasteiger partial charge in [-0.1, -0.05) is 140 Å². The van der Waals surface area contributed by atoms with E-state index >= 15 is 0 Å². The molecule has 0 radical (unpaired) electrons. The molecule has 0 heterocycles. The van der Waals surface area contributed by atoms with E-state index in [9.17, 15) is 0 Å². The summed E-state index contributed by atoms with van der Waals surface area (Å²) in [6.45, 7) is 9.77. The van der Waals surface area contributed by atoms with Crippen molar-refractivity contribution >= 4 is 18.9 Å². The zero-order chi connectivity index (χ0) is 23.1. The van der Waals surface area contributed by atoms with Crippen LogP contribution in [0.4, 0.5) is 0 Å². The van der Waals surface area contributed by atoms with E-state index in [4.69, 9.17) is 8.85 Å². The average molecular weight is 455 g/mol. The zero-order valence-electron chi connectivity index (χ0n) is 21.0. The molecule has 0 aliphatic carbocycles. The van der Waals surface area contributed by atoms with Crippen molar-refractivity contribution in [3.8, 4) is 0 Å². The number of benzene rings is 2. The second-order valence-corrected chi connectivity index (χ2v) is 12.2. The first-order chi connectivity index (χ1) is 15.6. The maximum Gasteiger partial charge on any atom is 0.407 e. The summed E-state index contributed by atoms with van der Waals surface area (Å²) >= 11 is 0. The monoisotopic (exact) mass is 454 g/mol. The lowest BCUT2D eigenvalue weighted by Gasteiger charge is -2.36. The van der Waals surface area contributed by atoms with Gasteiger partial charge in [-0.05, 0) is 29.1 Å². The molecule has 3 heteroatoms. The van der Waals surface area contributed by atoms with Crippen LogP contribution >= 0.6 is 0 Å². The first-order valence-electron chi connectivity index (χ1n) is 13.1. The summed E-state index contributed by atoms with van der Waals surface area (Å²) in [5, 5.41) is 2.42. The molecular formula is C29H46O2Si. The Bertz CT molecular complexity index is 662. The first kappa shape index (κ1) is 26.8. The van der Waals surface area contributed by atoms with Gasteiger partial charge in [0.1, 0.15) is 0 Å². The summed E-state index contributed by atoms with van der Waals surface area (Å²) < 4.78 is 13.9. The SMILES string of the molecule is CCCCCCCCCCCO[Si](OC(CC)C(C)C)(c1ccccc1)c1ccccc1. The van der Waals surface area contributed by atoms with Gasteiger partial charge in [-0.15, -0.1) is 0 Å². The lowest BCUT2D eigenvalue weighted by molar-refractivity contribution is 0.0936. The Morgan fingerprint density at radius 3 is 1.56 bits per heavy atom. The topological polar surface area (TPSA) is 18.5 Å². The molecule has 0 bridgehead atoms. The van der Waals surface area contributed by atoms with E-state index in [1.165, 1.54) is 61.7 Å². The van der Waals surface area contributed by atoms with Crippen LogP contribution in [0, 0.1) is 5.92 Å². The minimum absolute atomic E-state index is 0.185. The Labute approximate surface area is 199 Å². The van der Waals surface area contributed by atoms with Gasteiger partial charge < -0.3 is 8.85 Å². The van der Waals surface area contributed by atoms with Crippen LogP contribution in [0.5, 0.6) is 0 Å². The molecule has 0 saturated carbocycles. The fourth-order valence-electron chi connectivity index (χ4n) is 4.35. The third kappa shape index (κ3) is 8.50. The van der Waals surface area contributed by atoms with E-state index in [-0.39, 0.29) is 6.10 Å². The third-order valence-corrected chi connectivity index (χ3v) is 9.76. The van der Waals surface area contributed by atoms with Crippen molar-refractivity contribution in [2.75, 3.05) is 6.61 Å². The average Bonchev–Trinajstić information content (AvgIpc) is 2.83. The van der Waals surface area contributed by atoms with Gasteiger partial charge in [0.2, 0.25) is 0 Å². The smallest absolute Gasteiger partial charge is 0.388 e. The summed E-state index contributed by atoms with van der Waals surface area (Å²) in [5.74, 6) is 0.454. The van der Waals surface area contributed by atoms with Crippen molar-refractivity contribution in [3.63, 3.8) is 0 Å². The van der Waals surface area contributed by atoms with Crippen LogP contribution in [0.15, 0.2) is 60.7 Å². The summed E-state index contributed by atoms with van der Waals surface area (Å²) in [5.41, 5.74) is 0. The Balaban J connectivity index is 2.08. The van der Waals surface area contributed by atoms with Gasteiger partial charge in [0.25, 0.3) is 0 Å². The van der Waals surface area contributed by atoms with Crippen molar-refractivity contribution < 1.29 is 8.85 Å². The van der Waals surface area contributed by atoms with Crippen molar-refractivity contribution in [1.29, 1.82) is 0 Å². The molecule has 0 aromatic heterocycles. The molecule has 2 aromatic rings. The Morgan fingerprint density at radius 1 is 0.656 bits per heavy atom.